The van der Waals surface area contributed by atoms with Crippen molar-refractivity contribution in [1.29, 1.82) is 0 Å². The summed E-state index contributed by atoms with van der Waals surface area (Å²) in [4.78, 5) is 16.5. The zero-order valence-electron chi connectivity index (χ0n) is 15.0. The number of anilines is 1. The van der Waals surface area contributed by atoms with Crippen molar-refractivity contribution in [2.45, 2.75) is 31.2 Å². The van der Waals surface area contributed by atoms with Gasteiger partial charge < -0.3 is 5.32 Å². The molecule has 2 aliphatic rings. The zero-order chi connectivity index (χ0) is 20.5. The number of piperazine rings is 1. The monoisotopic (exact) mass is 409 g/mol. The number of carbonyl (C=O) groups is 1. The van der Waals surface area contributed by atoms with E-state index in [-0.39, 0.29) is 30.6 Å². The topological polar surface area (TPSA) is 35.6 Å². The van der Waals surface area contributed by atoms with E-state index in [9.17, 15) is 31.1 Å². The number of halogens is 6. The maximum atomic E-state index is 12.9. The van der Waals surface area contributed by atoms with Crippen LogP contribution in [0.4, 0.5) is 32.0 Å². The van der Waals surface area contributed by atoms with Crippen molar-refractivity contribution in [3.8, 4) is 0 Å². The lowest BCUT2D eigenvalue weighted by Crippen LogP contribution is -2.51. The molecule has 2 saturated heterocycles. The predicted octanol–water partition coefficient (Wildman–Crippen LogP) is 3.49. The first-order valence-electron chi connectivity index (χ1n) is 9.04. The number of Topliss-reactive ketones (excluding diaryl/α,β-unsaturated/α-hetero) is 1. The molecule has 0 radical (unpaired) electrons. The summed E-state index contributed by atoms with van der Waals surface area (Å²) in [7, 11) is 0. The molecule has 1 aromatic rings. The highest BCUT2D eigenvalue weighted by Crippen LogP contribution is 2.37. The van der Waals surface area contributed by atoms with Gasteiger partial charge in [-0.3, -0.25) is 14.6 Å². The van der Waals surface area contributed by atoms with E-state index >= 15 is 0 Å². The van der Waals surface area contributed by atoms with Gasteiger partial charge in [0.1, 0.15) is 0 Å². The molecule has 1 N–H and O–H groups in total. The van der Waals surface area contributed by atoms with Crippen LogP contribution in [-0.2, 0) is 17.1 Å². The molecule has 0 spiro atoms. The molecule has 0 amide bonds. The number of alkyl halides is 6. The molecule has 156 valence electrons. The van der Waals surface area contributed by atoms with Gasteiger partial charge in [-0.15, -0.1) is 0 Å². The van der Waals surface area contributed by atoms with Crippen LogP contribution in [0, 0.1) is 0 Å². The molecule has 0 unspecified atom stereocenters. The molecular weight excluding hydrogens is 388 g/mol. The van der Waals surface area contributed by atoms with Crippen molar-refractivity contribution < 1.29 is 31.1 Å². The molecule has 0 aromatic heterocycles. The first-order valence-corrected chi connectivity index (χ1v) is 9.04. The Morgan fingerprint density at radius 1 is 1.00 bits per heavy atom. The van der Waals surface area contributed by atoms with E-state index in [2.05, 4.69) is 10.2 Å². The molecular formula is C18H21F6N3O. The first-order chi connectivity index (χ1) is 13.0. The summed E-state index contributed by atoms with van der Waals surface area (Å²) in [6.07, 6.45) is -7.62. The van der Waals surface area contributed by atoms with Gasteiger partial charge >= 0.3 is 12.4 Å². The third-order valence-corrected chi connectivity index (χ3v) is 5.15. The minimum atomic E-state index is -4.91. The summed E-state index contributed by atoms with van der Waals surface area (Å²) < 4.78 is 77.3. The quantitative estimate of drug-likeness (QED) is 0.756. The van der Waals surface area contributed by atoms with Crippen LogP contribution in [0.5, 0.6) is 0 Å². The van der Waals surface area contributed by atoms with E-state index in [1.165, 1.54) is 0 Å². The normalized spacial score (nSPS) is 21.6. The maximum Gasteiger partial charge on any atom is 0.416 e. The van der Waals surface area contributed by atoms with Gasteiger partial charge in [0.25, 0.3) is 0 Å². The molecule has 2 aliphatic heterocycles. The summed E-state index contributed by atoms with van der Waals surface area (Å²) >= 11 is 0. The number of fused-ring (bicyclic) bond motifs is 1. The average molecular weight is 409 g/mol. The van der Waals surface area contributed by atoms with Gasteiger partial charge in [-0.1, -0.05) is 0 Å². The minimum Gasteiger partial charge on any atom is -0.378 e. The van der Waals surface area contributed by atoms with Crippen LogP contribution >= 0.6 is 0 Å². The second kappa shape index (κ2) is 7.90. The number of hydrogen-bond acceptors (Lipinski definition) is 4. The van der Waals surface area contributed by atoms with Crippen LogP contribution in [0.3, 0.4) is 0 Å². The Morgan fingerprint density at radius 3 is 2.25 bits per heavy atom. The fourth-order valence-electron chi connectivity index (χ4n) is 3.76. The van der Waals surface area contributed by atoms with Crippen LogP contribution in [-0.4, -0.2) is 60.9 Å². The van der Waals surface area contributed by atoms with Crippen LogP contribution in [0.1, 0.15) is 24.0 Å². The molecule has 28 heavy (non-hydrogen) atoms. The van der Waals surface area contributed by atoms with E-state index in [0.717, 1.165) is 39.0 Å². The Balaban J connectivity index is 1.61. The van der Waals surface area contributed by atoms with Crippen molar-refractivity contribution in [1.82, 2.24) is 9.80 Å². The summed E-state index contributed by atoms with van der Waals surface area (Å²) in [5.74, 6) is -0.280. The third-order valence-electron chi connectivity index (χ3n) is 5.15. The number of nitrogens with one attached hydrogen (secondary N) is 1. The largest absolute Gasteiger partial charge is 0.416 e. The van der Waals surface area contributed by atoms with Crippen molar-refractivity contribution in [3.63, 3.8) is 0 Å². The fraction of sp³-hybridized carbons (Fsp3) is 0.611. The molecule has 2 heterocycles. The van der Waals surface area contributed by atoms with Crippen molar-refractivity contribution in [3.05, 3.63) is 29.3 Å². The van der Waals surface area contributed by atoms with Crippen LogP contribution in [0.2, 0.25) is 0 Å². The Kier molecular flexibility index (Phi) is 5.90. The van der Waals surface area contributed by atoms with Gasteiger partial charge in [-0.2, -0.15) is 26.3 Å². The van der Waals surface area contributed by atoms with Gasteiger partial charge in [-0.05, 0) is 37.6 Å². The highest BCUT2D eigenvalue weighted by molar-refractivity contribution is 5.84. The lowest BCUT2D eigenvalue weighted by atomic mass is 10.1. The second-order valence-electron chi connectivity index (χ2n) is 7.25. The van der Waals surface area contributed by atoms with Gasteiger partial charge in [0.05, 0.1) is 24.2 Å². The number of benzene rings is 1. The van der Waals surface area contributed by atoms with Gasteiger partial charge in [0.15, 0.2) is 5.78 Å². The number of carbonyl (C=O) groups excluding carboxylic acids is 1. The van der Waals surface area contributed by atoms with Gasteiger partial charge in [0, 0.05) is 31.4 Å². The zero-order valence-corrected chi connectivity index (χ0v) is 15.0. The van der Waals surface area contributed by atoms with Crippen LogP contribution in [0.15, 0.2) is 18.2 Å². The molecule has 1 atom stereocenters. The van der Waals surface area contributed by atoms with E-state index < -0.39 is 23.5 Å². The number of nitrogens with zero attached hydrogens (tertiary/aromatic N) is 2. The molecule has 10 heteroatoms. The van der Waals surface area contributed by atoms with Crippen LogP contribution < -0.4 is 5.32 Å². The number of rotatable bonds is 5. The molecule has 0 saturated carbocycles. The molecule has 2 fully saturated rings. The summed E-state index contributed by atoms with van der Waals surface area (Å²) in [5.41, 5.74) is -3.19. The number of hydrogen-bond donors (Lipinski definition) is 1. The maximum absolute atomic E-state index is 12.9. The fourth-order valence-corrected chi connectivity index (χ4v) is 3.76. The molecule has 0 aliphatic carbocycles. The molecule has 1 aromatic carbocycles. The van der Waals surface area contributed by atoms with Gasteiger partial charge in [-0.25, -0.2) is 0 Å². The Bertz CT molecular complexity index is 686. The van der Waals surface area contributed by atoms with Crippen LogP contribution in [0.25, 0.3) is 0 Å². The standard InChI is InChI=1S/C18H21F6N3O/c19-17(20,21)12-6-13(18(22,23)24)8-14(7-12)25-9-16(28)11-26-4-5-27-3-1-2-15(27)10-26/h6-8,15,25H,1-5,9-11H2/t15-/m0/s1. The Morgan fingerprint density at radius 2 is 1.64 bits per heavy atom. The SMILES string of the molecule is O=C(CNc1cc(C(F)(F)F)cc(C(F)(F)F)c1)CN1CCN2CCC[C@H]2C1. The van der Waals surface area contributed by atoms with Crippen molar-refractivity contribution in [2.75, 3.05) is 44.6 Å². The minimum absolute atomic E-state index is 0.0636. The molecule has 3 rings (SSSR count). The highest BCUT2D eigenvalue weighted by Gasteiger charge is 2.37. The Labute approximate surface area is 158 Å². The Hall–Kier alpha value is -1.81. The third kappa shape index (κ3) is 5.16. The summed E-state index contributed by atoms with van der Waals surface area (Å²) in [5, 5.41) is 2.42. The van der Waals surface area contributed by atoms with E-state index in [1.54, 1.807) is 0 Å². The number of ketones is 1. The van der Waals surface area contributed by atoms with E-state index in [1.807, 2.05) is 4.90 Å². The lowest BCUT2D eigenvalue weighted by Gasteiger charge is -2.37. The smallest absolute Gasteiger partial charge is 0.378 e. The van der Waals surface area contributed by atoms with Crippen molar-refractivity contribution >= 4 is 11.5 Å². The molecule has 0 bridgehead atoms. The lowest BCUT2D eigenvalue weighted by molar-refractivity contribution is -0.143. The summed E-state index contributed by atoms with van der Waals surface area (Å²) in [6, 6.07) is 1.65. The second-order valence-corrected chi connectivity index (χ2v) is 7.25. The van der Waals surface area contributed by atoms with E-state index in [4.69, 9.17) is 0 Å². The summed E-state index contributed by atoms with van der Waals surface area (Å²) in [6.45, 7) is 3.21. The average Bonchev–Trinajstić information content (AvgIpc) is 3.06. The highest BCUT2D eigenvalue weighted by atomic mass is 19.4. The first kappa shape index (κ1) is 20.9. The molecule has 4 nitrogen and oxygen atoms in total. The predicted molar refractivity (Wildman–Crippen MR) is 91.0 cm³/mol. The van der Waals surface area contributed by atoms with Crippen molar-refractivity contribution in [2.24, 2.45) is 0 Å². The van der Waals surface area contributed by atoms with Gasteiger partial charge in [0.2, 0.25) is 0 Å². The van der Waals surface area contributed by atoms with E-state index in [0.29, 0.717) is 18.2 Å².